The van der Waals surface area contributed by atoms with Crippen molar-refractivity contribution in [2.75, 3.05) is 5.73 Å². The Kier molecular flexibility index (Phi) is 4.54. The fourth-order valence-corrected chi connectivity index (χ4v) is 1.82. The standard InChI is InChI=1S/C13H12N2.C2H6/c1-3-9-7-11(14)8-10-5-6-15-12(4-2)13(9)10;1-2/h2,5-8H,3,14H2,1H3;1-2H3. The van der Waals surface area contributed by atoms with E-state index in [0.717, 1.165) is 28.4 Å². The van der Waals surface area contributed by atoms with Crippen molar-refractivity contribution in [3.63, 3.8) is 0 Å². The molecule has 0 atom stereocenters. The number of fused-ring (bicyclic) bond motifs is 1. The van der Waals surface area contributed by atoms with Gasteiger partial charge in [-0.15, -0.1) is 6.42 Å². The molecule has 0 saturated heterocycles. The molecule has 2 nitrogen and oxygen atoms in total. The van der Waals surface area contributed by atoms with Gasteiger partial charge >= 0.3 is 0 Å². The van der Waals surface area contributed by atoms with Gasteiger partial charge in [0.1, 0.15) is 5.69 Å². The molecule has 1 heterocycles. The first-order valence-corrected chi connectivity index (χ1v) is 5.90. The van der Waals surface area contributed by atoms with Crippen molar-refractivity contribution in [3.8, 4) is 12.3 Å². The summed E-state index contributed by atoms with van der Waals surface area (Å²) in [5.74, 6) is 2.61. The molecule has 2 N–H and O–H groups in total. The Labute approximate surface area is 103 Å². The summed E-state index contributed by atoms with van der Waals surface area (Å²) >= 11 is 0. The lowest BCUT2D eigenvalue weighted by Gasteiger charge is -2.07. The number of anilines is 1. The maximum Gasteiger partial charge on any atom is 0.120 e. The molecule has 0 aliphatic heterocycles. The van der Waals surface area contributed by atoms with Gasteiger partial charge in [0.2, 0.25) is 0 Å². The minimum Gasteiger partial charge on any atom is -0.399 e. The van der Waals surface area contributed by atoms with Gasteiger partial charge in [-0.25, -0.2) is 4.98 Å². The van der Waals surface area contributed by atoms with Crippen LogP contribution in [0.5, 0.6) is 0 Å². The molecule has 2 aromatic rings. The lowest BCUT2D eigenvalue weighted by molar-refractivity contribution is 1.15. The minimum atomic E-state index is 0.698. The molecule has 1 aromatic carbocycles. The third-order valence-electron chi connectivity index (χ3n) is 2.49. The van der Waals surface area contributed by atoms with E-state index in [0.29, 0.717) is 5.69 Å². The summed E-state index contributed by atoms with van der Waals surface area (Å²) in [7, 11) is 0. The number of hydrogen-bond donors (Lipinski definition) is 1. The van der Waals surface area contributed by atoms with Crippen molar-refractivity contribution in [3.05, 3.63) is 35.7 Å². The van der Waals surface area contributed by atoms with Gasteiger partial charge in [0.25, 0.3) is 0 Å². The summed E-state index contributed by atoms with van der Waals surface area (Å²) < 4.78 is 0. The summed E-state index contributed by atoms with van der Waals surface area (Å²) in [5.41, 5.74) is 8.45. The van der Waals surface area contributed by atoms with Crippen molar-refractivity contribution < 1.29 is 0 Å². The molecule has 0 amide bonds. The van der Waals surface area contributed by atoms with Gasteiger partial charge < -0.3 is 5.73 Å². The number of rotatable bonds is 1. The Hall–Kier alpha value is -2.01. The highest BCUT2D eigenvalue weighted by Crippen LogP contribution is 2.24. The van der Waals surface area contributed by atoms with Crippen LogP contribution in [-0.2, 0) is 6.42 Å². The Balaban J connectivity index is 0.000000686. The third-order valence-corrected chi connectivity index (χ3v) is 2.49. The molecular formula is C15H18N2. The second kappa shape index (κ2) is 5.91. The third kappa shape index (κ3) is 2.57. The first-order valence-electron chi connectivity index (χ1n) is 5.90. The number of aromatic nitrogens is 1. The van der Waals surface area contributed by atoms with Crippen LogP contribution < -0.4 is 5.73 Å². The normalized spacial score (nSPS) is 9.29. The number of terminal acetylenes is 1. The van der Waals surface area contributed by atoms with Gasteiger partial charge in [-0.2, -0.15) is 0 Å². The van der Waals surface area contributed by atoms with Crippen molar-refractivity contribution in [2.24, 2.45) is 0 Å². The number of pyridine rings is 1. The van der Waals surface area contributed by atoms with Crippen LogP contribution in [0.15, 0.2) is 24.4 Å². The van der Waals surface area contributed by atoms with E-state index in [1.54, 1.807) is 6.20 Å². The summed E-state index contributed by atoms with van der Waals surface area (Å²) in [6.07, 6.45) is 8.06. The molecule has 2 heteroatoms. The van der Waals surface area contributed by atoms with Gasteiger partial charge in [0, 0.05) is 17.3 Å². The second-order valence-electron chi connectivity index (χ2n) is 3.44. The summed E-state index contributed by atoms with van der Waals surface area (Å²) in [5, 5.41) is 2.12. The maximum absolute atomic E-state index is 5.82. The number of aryl methyl sites for hydroxylation is 1. The quantitative estimate of drug-likeness (QED) is 0.598. The van der Waals surface area contributed by atoms with Crippen LogP contribution in [0.4, 0.5) is 5.69 Å². The van der Waals surface area contributed by atoms with Gasteiger partial charge in [-0.1, -0.05) is 20.8 Å². The van der Waals surface area contributed by atoms with E-state index >= 15 is 0 Å². The average molecular weight is 226 g/mol. The minimum absolute atomic E-state index is 0.698. The highest BCUT2D eigenvalue weighted by molar-refractivity contribution is 5.92. The van der Waals surface area contributed by atoms with Gasteiger partial charge in [-0.05, 0) is 41.5 Å². The second-order valence-corrected chi connectivity index (χ2v) is 3.44. The van der Waals surface area contributed by atoms with Crippen molar-refractivity contribution in [2.45, 2.75) is 27.2 Å². The number of hydrogen-bond acceptors (Lipinski definition) is 2. The largest absolute Gasteiger partial charge is 0.399 e. The highest BCUT2D eigenvalue weighted by atomic mass is 14.7. The Bertz CT molecular complexity index is 551. The van der Waals surface area contributed by atoms with E-state index in [1.165, 1.54) is 0 Å². The zero-order valence-electron chi connectivity index (χ0n) is 10.6. The molecule has 0 unspecified atom stereocenters. The molecule has 88 valence electrons. The topological polar surface area (TPSA) is 38.9 Å². The molecule has 0 radical (unpaired) electrons. The Morgan fingerprint density at radius 2 is 2.06 bits per heavy atom. The first-order chi connectivity index (χ1) is 8.26. The zero-order chi connectivity index (χ0) is 12.8. The van der Waals surface area contributed by atoms with Crippen LogP contribution in [0.25, 0.3) is 10.8 Å². The van der Waals surface area contributed by atoms with Crippen LogP contribution in [0.1, 0.15) is 32.0 Å². The molecule has 17 heavy (non-hydrogen) atoms. The number of nitrogens with zero attached hydrogens (tertiary/aromatic N) is 1. The molecule has 0 spiro atoms. The molecule has 0 fully saturated rings. The Morgan fingerprint density at radius 3 is 2.65 bits per heavy atom. The van der Waals surface area contributed by atoms with E-state index in [9.17, 15) is 0 Å². The van der Waals surface area contributed by atoms with Crippen LogP contribution in [-0.4, -0.2) is 4.98 Å². The monoisotopic (exact) mass is 226 g/mol. The Morgan fingerprint density at radius 1 is 1.35 bits per heavy atom. The number of nitrogens with two attached hydrogens (primary N) is 1. The van der Waals surface area contributed by atoms with Crippen molar-refractivity contribution in [1.29, 1.82) is 0 Å². The summed E-state index contributed by atoms with van der Waals surface area (Å²) in [6, 6.07) is 5.83. The maximum atomic E-state index is 5.82. The first kappa shape index (κ1) is 13.1. The van der Waals surface area contributed by atoms with Gasteiger partial charge in [-0.3, -0.25) is 0 Å². The average Bonchev–Trinajstić information content (AvgIpc) is 2.39. The predicted octanol–water partition coefficient (Wildman–Crippen LogP) is 3.39. The van der Waals surface area contributed by atoms with Gasteiger partial charge in [0.15, 0.2) is 0 Å². The van der Waals surface area contributed by atoms with Crippen molar-refractivity contribution in [1.82, 2.24) is 4.98 Å². The SMILES string of the molecule is C#Cc1nccc2cc(N)cc(CC)c12.CC. The fourth-order valence-electron chi connectivity index (χ4n) is 1.82. The summed E-state index contributed by atoms with van der Waals surface area (Å²) in [4.78, 5) is 4.19. The molecule has 0 saturated carbocycles. The fraction of sp³-hybridized carbons (Fsp3) is 0.267. The van der Waals surface area contributed by atoms with Crippen LogP contribution in [0.2, 0.25) is 0 Å². The van der Waals surface area contributed by atoms with E-state index in [1.807, 2.05) is 32.0 Å². The molecule has 0 bridgehead atoms. The zero-order valence-corrected chi connectivity index (χ0v) is 10.6. The highest BCUT2D eigenvalue weighted by Gasteiger charge is 2.05. The van der Waals surface area contributed by atoms with Crippen LogP contribution in [0.3, 0.4) is 0 Å². The van der Waals surface area contributed by atoms with Gasteiger partial charge in [0.05, 0.1) is 0 Å². The van der Waals surface area contributed by atoms with E-state index < -0.39 is 0 Å². The number of nitrogen functional groups attached to an aromatic ring is 1. The lowest BCUT2D eigenvalue weighted by atomic mass is 10.0. The van der Waals surface area contributed by atoms with Crippen LogP contribution >= 0.6 is 0 Å². The molecule has 2 rings (SSSR count). The number of benzene rings is 1. The molecule has 0 aliphatic rings. The van der Waals surface area contributed by atoms with Crippen LogP contribution in [0, 0.1) is 12.3 Å². The van der Waals surface area contributed by atoms with E-state index in [2.05, 4.69) is 17.8 Å². The van der Waals surface area contributed by atoms with Crippen molar-refractivity contribution >= 4 is 16.5 Å². The predicted molar refractivity (Wildman–Crippen MR) is 74.8 cm³/mol. The molecule has 0 aliphatic carbocycles. The lowest BCUT2D eigenvalue weighted by Crippen LogP contribution is -1.94. The van der Waals surface area contributed by atoms with E-state index in [4.69, 9.17) is 12.2 Å². The molecule has 1 aromatic heterocycles. The summed E-state index contributed by atoms with van der Waals surface area (Å²) in [6.45, 7) is 6.08. The smallest absolute Gasteiger partial charge is 0.120 e. The van der Waals surface area contributed by atoms with E-state index in [-0.39, 0.29) is 0 Å². The molecular weight excluding hydrogens is 208 g/mol.